The largest absolute Gasteiger partial charge is 0.496 e. The Bertz CT molecular complexity index is 1350. The minimum atomic E-state index is 0.156. The smallest absolute Gasteiger partial charge is 0.222 e. The van der Waals surface area contributed by atoms with Crippen LogP contribution in [0.3, 0.4) is 0 Å². The highest BCUT2D eigenvalue weighted by Gasteiger charge is 2.13. The summed E-state index contributed by atoms with van der Waals surface area (Å²) in [5.41, 5.74) is 9.81. The van der Waals surface area contributed by atoms with Crippen LogP contribution in [0.1, 0.15) is 31.0 Å². The van der Waals surface area contributed by atoms with Gasteiger partial charge >= 0.3 is 0 Å². The topological polar surface area (TPSA) is 119 Å². The number of nitrogens with one attached hydrogen (secondary N) is 1. The molecule has 170 valence electrons. The maximum atomic E-state index is 8.98. The second-order valence-corrected chi connectivity index (χ2v) is 7.85. The lowest BCUT2D eigenvalue weighted by atomic mass is 9.98. The molecule has 2 aromatic heterocycles. The van der Waals surface area contributed by atoms with Crippen molar-refractivity contribution < 1.29 is 9.47 Å². The first kappa shape index (κ1) is 22.6. The van der Waals surface area contributed by atoms with E-state index in [9.17, 15) is 0 Å². The highest BCUT2D eigenvalue weighted by Crippen LogP contribution is 2.33. The van der Waals surface area contributed by atoms with Gasteiger partial charge in [0.15, 0.2) is 0 Å². The van der Waals surface area contributed by atoms with E-state index in [2.05, 4.69) is 40.2 Å². The molecule has 0 bridgehead atoms. The number of aromatic nitrogens is 3. The molecule has 0 radical (unpaired) electrons. The summed E-state index contributed by atoms with van der Waals surface area (Å²) in [7, 11) is 1.63. The van der Waals surface area contributed by atoms with Crippen LogP contribution in [0.2, 0.25) is 0 Å². The van der Waals surface area contributed by atoms with Crippen LogP contribution in [0.25, 0.3) is 11.3 Å². The Hall–Kier alpha value is -4.64. The molecule has 0 spiro atoms. The fourth-order valence-electron chi connectivity index (χ4n) is 3.38. The van der Waals surface area contributed by atoms with Crippen LogP contribution >= 0.6 is 0 Å². The number of nitriles is 1. The predicted octanol–water partition coefficient (Wildman–Crippen LogP) is 5.66. The normalized spacial score (nSPS) is 10.6. The number of hydrogen-bond donors (Lipinski definition) is 2. The number of anilines is 3. The van der Waals surface area contributed by atoms with Crippen molar-refractivity contribution >= 4 is 17.5 Å². The Morgan fingerprint density at radius 2 is 1.76 bits per heavy atom. The number of nitrogens with two attached hydrogens (primary N) is 1. The first-order valence-electron chi connectivity index (χ1n) is 10.7. The fraction of sp³-hybridized carbons (Fsp3) is 0.154. The second kappa shape index (κ2) is 9.88. The summed E-state index contributed by atoms with van der Waals surface area (Å²) in [6.45, 7) is 4.27. The molecule has 0 unspecified atom stereocenters. The lowest BCUT2D eigenvalue weighted by Gasteiger charge is -2.14. The summed E-state index contributed by atoms with van der Waals surface area (Å²) >= 11 is 0. The molecule has 0 amide bonds. The van der Waals surface area contributed by atoms with Crippen molar-refractivity contribution in [3.63, 3.8) is 0 Å². The van der Waals surface area contributed by atoms with E-state index in [0.717, 1.165) is 11.3 Å². The van der Waals surface area contributed by atoms with Crippen molar-refractivity contribution in [3.8, 4) is 34.6 Å². The summed E-state index contributed by atoms with van der Waals surface area (Å²) in [5, 5.41) is 12.2. The van der Waals surface area contributed by atoms with Crippen LogP contribution in [0.5, 0.6) is 17.2 Å². The molecule has 0 aliphatic carbocycles. The van der Waals surface area contributed by atoms with Crippen molar-refractivity contribution in [2.45, 2.75) is 19.8 Å². The summed E-state index contributed by atoms with van der Waals surface area (Å²) in [5.74, 6) is 2.95. The van der Waals surface area contributed by atoms with Gasteiger partial charge in [-0.3, -0.25) is 0 Å². The number of hydrogen-bond acceptors (Lipinski definition) is 8. The van der Waals surface area contributed by atoms with E-state index < -0.39 is 0 Å². The van der Waals surface area contributed by atoms with Crippen LogP contribution in [0, 0.1) is 11.3 Å². The second-order valence-electron chi connectivity index (χ2n) is 7.85. The van der Waals surface area contributed by atoms with Crippen molar-refractivity contribution in [3.05, 3.63) is 78.1 Å². The number of ether oxygens (including phenoxy) is 2. The van der Waals surface area contributed by atoms with Gasteiger partial charge in [0.05, 0.1) is 12.8 Å². The third kappa shape index (κ3) is 5.22. The zero-order chi connectivity index (χ0) is 24.1. The Morgan fingerprint density at radius 1 is 0.971 bits per heavy atom. The van der Waals surface area contributed by atoms with Gasteiger partial charge < -0.3 is 20.5 Å². The minimum absolute atomic E-state index is 0.156. The molecule has 34 heavy (non-hydrogen) atoms. The molecule has 4 aromatic rings. The molecular weight excluding hydrogens is 428 g/mol. The van der Waals surface area contributed by atoms with Crippen LogP contribution in [0.4, 0.5) is 17.5 Å². The molecule has 8 heteroatoms. The maximum Gasteiger partial charge on any atom is 0.222 e. The number of methoxy groups -OCH3 is 1. The quantitative estimate of drug-likeness (QED) is 0.369. The van der Waals surface area contributed by atoms with Gasteiger partial charge in [-0.25, -0.2) is 9.97 Å². The van der Waals surface area contributed by atoms with Gasteiger partial charge in [-0.2, -0.15) is 10.2 Å². The van der Waals surface area contributed by atoms with Gasteiger partial charge in [-0.1, -0.05) is 19.9 Å². The van der Waals surface area contributed by atoms with Gasteiger partial charge in [-0.15, -0.1) is 0 Å². The van der Waals surface area contributed by atoms with E-state index >= 15 is 0 Å². The molecular formula is C26H24N6O2. The lowest BCUT2D eigenvalue weighted by Crippen LogP contribution is -2.02. The van der Waals surface area contributed by atoms with E-state index in [1.165, 1.54) is 11.8 Å². The van der Waals surface area contributed by atoms with Crippen molar-refractivity contribution in [2.24, 2.45) is 0 Å². The summed E-state index contributed by atoms with van der Waals surface area (Å²) in [4.78, 5) is 12.7. The summed E-state index contributed by atoms with van der Waals surface area (Å²) in [6, 6.07) is 20.5. The van der Waals surface area contributed by atoms with Crippen LogP contribution in [-0.2, 0) is 0 Å². The van der Waals surface area contributed by atoms with E-state index in [1.54, 1.807) is 19.2 Å². The van der Waals surface area contributed by atoms with Crippen molar-refractivity contribution in [2.75, 3.05) is 18.2 Å². The van der Waals surface area contributed by atoms with Crippen LogP contribution < -0.4 is 20.5 Å². The highest BCUT2D eigenvalue weighted by molar-refractivity contribution is 5.72. The van der Waals surface area contributed by atoms with Gasteiger partial charge in [-0.05, 0) is 53.9 Å². The first-order valence-corrected chi connectivity index (χ1v) is 10.7. The molecule has 8 nitrogen and oxygen atoms in total. The van der Waals surface area contributed by atoms with Gasteiger partial charge in [0.25, 0.3) is 0 Å². The van der Waals surface area contributed by atoms with Gasteiger partial charge in [0, 0.05) is 29.6 Å². The average molecular weight is 453 g/mol. The Morgan fingerprint density at radius 3 is 2.47 bits per heavy atom. The SMILES string of the molecule is COc1ccc(C(C)C)cc1-c1cc(Nc2ccc(Oc3ccnc(C#N)c3)cc2)nc(N)n1. The predicted molar refractivity (Wildman–Crippen MR) is 131 cm³/mol. The van der Waals surface area contributed by atoms with Crippen molar-refractivity contribution in [1.82, 2.24) is 15.0 Å². The van der Waals surface area contributed by atoms with Gasteiger partial charge in [0.1, 0.15) is 34.8 Å². The van der Waals surface area contributed by atoms with Gasteiger partial charge in [0.2, 0.25) is 5.95 Å². The van der Waals surface area contributed by atoms with Crippen molar-refractivity contribution in [1.29, 1.82) is 5.26 Å². The molecule has 0 saturated carbocycles. The standard InChI is InChI=1S/C26H24N6O2/c1-16(2)17-4-9-24(33-3)22(12-17)23-14-25(32-26(28)31-23)30-18-5-7-20(8-6-18)34-21-10-11-29-19(13-21)15-27/h4-14,16H,1-3H3,(H3,28,30,31,32). The summed E-state index contributed by atoms with van der Waals surface area (Å²) in [6.07, 6.45) is 1.53. The monoisotopic (exact) mass is 452 g/mol. The molecule has 0 fully saturated rings. The third-order valence-corrected chi connectivity index (χ3v) is 5.12. The van der Waals surface area contributed by atoms with E-state index in [1.807, 2.05) is 48.5 Å². The minimum Gasteiger partial charge on any atom is -0.496 e. The molecule has 0 atom stereocenters. The highest BCUT2D eigenvalue weighted by atomic mass is 16.5. The molecule has 0 aliphatic heterocycles. The zero-order valence-electron chi connectivity index (χ0n) is 19.1. The molecule has 3 N–H and O–H groups in total. The third-order valence-electron chi connectivity index (χ3n) is 5.12. The van der Waals surface area contributed by atoms with E-state index in [-0.39, 0.29) is 5.95 Å². The van der Waals surface area contributed by atoms with E-state index in [4.69, 9.17) is 20.5 Å². The molecule has 0 aliphatic rings. The maximum absolute atomic E-state index is 8.98. The molecule has 0 saturated heterocycles. The average Bonchev–Trinajstić information content (AvgIpc) is 2.84. The number of rotatable bonds is 7. The fourth-order valence-corrected chi connectivity index (χ4v) is 3.38. The zero-order valence-corrected chi connectivity index (χ0v) is 19.1. The Balaban J connectivity index is 1.56. The molecule has 4 rings (SSSR count). The lowest BCUT2D eigenvalue weighted by molar-refractivity contribution is 0.416. The van der Waals surface area contributed by atoms with Crippen LogP contribution in [0.15, 0.2) is 66.9 Å². The van der Waals surface area contributed by atoms with Crippen LogP contribution in [-0.4, -0.2) is 22.1 Å². The summed E-state index contributed by atoms with van der Waals surface area (Å²) < 4.78 is 11.4. The molecule has 2 aromatic carbocycles. The Labute approximate surface area is 198 Å². The number of benzene rings is 2. The number of nitrogens with zero attached hydrogens (tertiary/aromatic N) is 4. The van der Waals surface area contributed by atoms with E-state index in [0.29, 0.717) is 40.4 Å². The first-order chi connectivity index (χ1) is 16.4. The Kier molecular flexibility index (Phi) is 6.55. The molecule has 2 heterocycles. The number of nitrogen functional groups attached to an aromatic ring is 1. The number of pyridine rings is 1.